The highest BCUT2D eigenvalue weighted by Gasteiger charge is 2.53. The van der Waals surface area contributed by atoms with Crippen LogP contribution in [0, 0.1) is 18.8 Å². The molecule has 5 rings (SSSR count). The molecule has 2 aromatic heterocycles. The van der Waals surface area contributed by atoms with Crippen LogP contribution in [-0.2, 0) is 24.9 Å². The van der Waals surface area contributed by atoms with Crippen molar-refractivity contribution in [3.05, 3.63) is 34.0 Å². The number of aromatic nitrogens is 3. The van der Waals surface area contributed by atoms with E-state index in [2.05, 4.69) is 37.9 Å². The zero-order chi connectivity index (χ0) is 18.4. The summed E-state index contributed by atoms with van der Waals surface area (Å²) in [5, 5.41) is 14.1. The summed E-state index contributed by atoms with van der Waals surface area (Å²) in [6.45, 7) is 5.40. The molecular formula is C19H27IN6OS. The fraction of sp³-hybridized carbons (Fsp3) is 0.632. The number of thiophene rings is 1. The van der Waals surface area contributed by atoms with Gasteiger partial charge >= 0.3 is 0 Å². The molecule has 3 fully saturated rings. The van der Waals surface area contributed by atoms with Gasteiger partial charge in [-0.2, -0.15) is 0 Å². The van der Waals surface area contributed by atoms with Gasteiger partial charge in [0.1, 0.15) is 12.4 Å². The molecule has 7 nitrogen and oxygen atoms in total. The first-order valence-corrected chi connectivity index (χ1v) is 10.6. The average molecular weight is 514 g/mol. The van der Waals surface area contributed by atoms with Crippen molar-refractivity contribution in [2.45, 2.75) is 45.1 Å². The molecule has 0 spiro atoms. The van der Waals surface area contributed by atoms with Gasteiger partial charge in [-0.05, 0) is 31.2 Å². The van der Waals surface area contributed by atoms with Crippen molar-refractivity contribution in [2.75, 3.05) is 13.1 Å². The normalized spacial score (nSPS) is 28.5. The number of halogens is 1. The first-order chi connectivity index (χ1) is 13.2. The minimum Gasteiger partial charge on any atom is -0.374 e. The Morgan fingerprint density at radius 2 is 2.04 bits per heavy atom. The van der Waals surface area contributed by atoms with E-state index in [1.54, 1.807) is 11.3 Å². The highest BCUT2D eigenvalue weighted by Crippen LogP contribution is 2.47. The van der Waals surface area contributed by atoms with Crippen LogP contribution in [0.3, 0.4) is 0 Å². The highest BCUT2D eigenvalue weighted by atomic mass is 127. The van der Waals surface area contributed by atoms with Crippen LogP contribution >= 0.6 is 35.3 Å². The van der Waals surface area contributed by atoms with Crippen LogP contribution in [0.1, 0.15) is 29.4 Å². The maximum Gasteiger partial charge on any atom is 0.194 e. The number of fused-ring (bicyclic) bond motifs is 5. The molecule has 3 aliphatic heterocycles. The van der Waals surface area contributed by atoms with Crippen LogP contribution in [0.2, 0.25) is 0 Å². The first kappa shape index (κ1) is 20.1. The maximum absolute atomic E-state index is 6.13. The van der Waals surface area contributed by atoms with Crippen LogP contribution in [0.4, 0.5) is 0 Å². The van der Waals surface area contributed by atoms with E-state index in [9.17, 15) is 0 Å². The van der Waals surface area contributed by atoms with E-state index in [1.807, 2.05) is 18.5 Å². The van der Waals surface area contributed by atoms with Crippen molar-refractivity contribution >= 4 is 41.3 Å². The van der Waals surface area contributed by atoms with Gasteiger partial charge in [0.15, 0.2) is 11.8 Å². The largest absolute Gasteiger partial charge is 0.374 e. The Balaban J connectivity index is 0.00000192. The molecule has 152 valence electrons. The molecule has 4 unspecified atom stereocenters. The Hall–Kier alpha value is -1.20. The molecule has 1 N–H and O–H groups in total. The number of nitrogens with zero attached hydrogens (tertiary/aromatic N) is 5. The summed E-state index contributed by atoms with van der Waals surface area (Å²) in [6, 6.07) is 4.25. The molecule has 5 heterocycles. The lowest BCUT2D eigenvalue weighted by molar-refractivity contribution is 0.0767. The van der Waals surface area contributed by atoms with Gasteiger partial charge in [0.2, 0.25) is 0 Å². The molecule has 4 atom stereocenters. The van der Waals surface area contributed by atoms with E-state index in [1.165, 1.54) is 17.7 Å². The number of rotatable bonds is 4. The summed E-state index contributed by atoms with van der Waals surface area (Å²) < 4.78 is 8.13. The molecule has 9 heteroatoms. The molecule has 0 saturated carbocycles. The zero-order valence-corrected chi connectivity index (χ0v) is 19.4. The molecule has 0 amide bonds. The lowest BCUT2D eigenvalue weighted by Crippen LogP contribution is -2.41. The molecule has 0 radical (unpaired) electrons. The average Bonchev–Trinajstić information content (AvgIpc) is 3.45. The summed E-state index contributed by atoms with van der Waals surface area (Å²) in [5.41, 5.74) is 0. The number of hydrogen-bond acceptors (Lipinski definition) is 5. The summed E-state index contributed by atoms with van der Waals surface area (Å²) in [7, 11) is 1.99. The lowest BCUT2D eigenvalue weighted by atomic mass is 9.82. The van der Waals surface area contributed by atoms with Crippen LogP contribution in [0.25, 0.3) is 0 Å². The summed E-state index contributed by atoms with van der Waals surface area (Å²) in [5.74, 6) is 4.12. The third kappa shape index (κ3) is 3.68. The van der Waals surface area contributed by atoms with E-state index in [4.69, 9.17) is 9.73 Å². The molecule has 2 aromatic rings. The van der Waals surface area contributed by atoms with E-state index < -0.39 is 0 Å². The second kappa shape index (κ2) is 8.27. The summed E-state index contributed by atoms with van der Waals surface area (Å²) in [6.07, 6.45) is 3.38. The van der Waals surface area contributed by atoms with Gasteiger partial charge < -0.3 is 19.5 Å². The van der Waals surface area contributed by atoms with Crippen molar-refractivity contribution in [3.63, 3.8) is 0 Å². The number of hydrogen-bond donors (Lipinski definition) is 1. The lowest BCUT2D eigenvalue weighted by Gasteiger charge is -2.23. The minimum atomic E-state index is 0. The number of guanidine groups is 1. The van der Waals surface area contributed by atoms with Crippen LogP contribution < -0.4 is 5.32 Å². The van der Waals surface area contributed by atoms with Crippen molar-refractivity contribution in [1.29, 1.82) is 0 Å². The summed E-state index contributed by atoms with van der Waals surface area (Å²) >= 11 is 1.77. The Morgan fingerprint density at radius 1 is 1.29 bits per heavy atom. The van der Waals surface area contributed by atoms with Gasteiger partial charge in [-0.25, -0.2) is 4.99 Å². The molecular weight excluding hydrogens is 487 g/mol. The smallest absolute Gasteiger partial charge is 0.194 e. The summed E-state index contributed by atoms with van der Waals surface area (Å²) in [4.78, 5) is 8.67. The van der Waals surface area contributed by atoms with Crippen molar-refractivity contribution in [2.24, 2.45) is 23.9 Å². The second-order valence-electron chi connectivity index (χ2n) is 7.82. The quantitative estimate of drug-likeness (QED) is 0.386. The van der Waals surface area contributed by atoms with Crippen LogP contribution in [-0.4, -0.2) is 50.9 Å². The molecule has 2 bridgehead atoms. The molecule has 3 saturated heterocycles. The Morgan fingerprint density at radius 3 is 2.64 bits per heavy atom. The number of likely N-dealkylation sites (tertiary alicyclic amines) is 1. The monoisotopic (exact) mass is 514 g/mol. The van der Waals surface area contributed by atoms with E-state index in [0.29, 0.717) is 30.6 Å². The predicted molar refractivity (Wildman–Crippen MR) is 120 cm³/mol. The molecule has 0 aromatic carbocycles. The van der Waals surface area contributed by atoms with Crippen molar-refractivity contribution < 1.29 is 4.74 Å². The Kier molecular flexibility index (Phi) is 5.93. The van der Waals surface area contributed by atoms with Gasteiger partial charge in [0.05, 0.1) is 18.8 Å². The fourth-order valence-corrected chi connectivity index (χ4v) is 5.36. The van der Waals surface area contributed by atoms with Gasteiger partial charge in [-0.3, -0.25) is 0 Å². The van der Waals surface area contributed by atoms with Crippen LogP contribution in [0.5, 0.6) is 0 Å². The van der Waals surface area contributed by atoms with E-state index in [-0.39, 0.29) is 24.0 Å². The standard InChI is InChI=1S/C19H26N6OS.HI/c1-12-22-23-18(24(12)2)9-21-19(20-8-13-4-3-7-27-13)25-10-14-15(11-25)17-6-5-16(14)26-17;/h3-4,7,14-17H,5-6,8-11H2,1-2H3,(H,20,21);1H. The van der Waals surface area contributed by atoms with Gasteiger partial charge in [-0.15, -0.1) is 45.5 Å². The number of nitrogens with one attached hydrogen (secondary N) is 1. The van der Waals surface area contributed by atoms with Gasteiger partial charge in [-0.1, -0.05) is 6.07 Å². The highest BCUT2D eigenvalue weighted by molar-refractivity contribution is 14.0. The van der Waals surface area contributed by atoms with Crippen molar-refractivity contribution in [3.8, 4) is 0 Å². The maximum atomic E-state index is 6.13. The number of aryl methyl sites for hydroxylation is 1. The molecule has 0 aliphatic carbocycles. The molecule has 28 heavy (non-hydrogen) atoms. The topological polar surface area (TPSA) is 67.6 Å². The first-order valence-electron chi connectivity index (χ1n) is 9.75. The van der Waals surface area contributed by atoms with Crippen LogP contribution in [0.15, 0.2) is 22.5 Å². The SMILES string of the molecule is Cc1nnc(CN=C(NCc2cccs2)N2CC3C4CCC(O4)C3C2)n1C.I. The van der Waals surface area contributed by atoms with E-state index in [0.717, 1.165) is 37.2 Å². The van der Waals surface area contributed by atoms with Gasteiger partial charge in [0, 0.05) is 36.9 Å². The molecule has 3 aliphatic rings. The Bertz CT molecular complexity index is 820. The third-order valence-corrected chi connectivity index (χ3v) is 7.18. The van der Waals surface area contributed by atoms with E-state index >= 15 is 0 Å². The number of ether oxygens (including phenoxy) is 1. The Labute approximate surface area is 186 Å². The minimum absolute atomic E-state index is 0. The second-order valence-corrected chi connectivity index (χ2v) is 8.85. The fourth-order valence-electron chi connectivity index (χ4n) is 4.71. The van der Waals surface area contributed by atoms with Crippen molar-refractivity contribution in [1.82, 2.24) is 25.0 Å². The van der Waals surface area contributed by atoms with Gasteiger partial charge in [0.25, 0.3) is 0 Å². The number of aliphatic imine (C=N–C) groups is 1. The predicted octanol–water partition coefficient (Wildman–Crippen LogP) is 2.56. The zero-order valence-electron chi connectivity index (χ0n) is 16.2. The third-order valence-electron chi connectivity index (χ3n) is 6.31.